The smallest absolute Gasteiger partial charge is 0.315 e. The number of hydrogen-bond acceptors (Lipinski definition) is 4. The lowest BCUT2D eigenvalue weighted by atomic mass is 10.1. The molecule has 1 aromatic heterocycles. The van der Waals surface area contributed by atoms with Crippen LogP contribution >= 0.6 is 0 Å². The van der Waals surface area contributed by atoms with E-state index in [9.17, 15) is 9.18 Å². The molecule has 2 amide bonds. The van der Waals surface area contributed by atoms with E-state index in [0.717, 1.165) is 5.56 Å². The third kappa shape index (κ3) is 4.69. The molecule has 132 valence electrons. The Morgan fingerprint density at radius 1 is 1.42 bits per heavy atom. The number of aliphatic hydroxyl groups excluding tert-OH is 1. The number of nitrogens with one attached hydrogen (secondary N) is 2. The van der Waals surface area contributed by atoms with E-state index in [4.69, 9.17) is 14.3 Å². The molecule has 6 nitrogen and oxygen atoms in total. The zero-order chi connectivity index (χ0) is 17.5. The highest BCUT2D eigenvalue weighted by atomic mass is 19.1. The van der Waals surface area contributed by atoms with Crippen molar-refractivity contribution in [2.24, 2.45) is 0 Å². The molecule has 0 saturated carbocycles. The van der Waals surface area contributed by atoms with Gasteiger partial charge in [0.2, 0.25) is 0 Å². The van der Waals surface area contributed by atoms with Gasteiger partial charge < -0.3 is 24.9 Å². The van der Waals surface area contributed by atoms with Crippen molar-refractivity contribution in [1.29, 1.82) is 0 Å². The number of fused-ring (bicyclic) bond motifs is 1. The third-order valence-corrected chi connectivity index (χ3v) is 3.66. The van der Waals surface area contributed by atoms with Crippen molar-refractivity contribution in [3.8, 4) is 0 Å². The molecule has 2 rings (SSSR count). The monoisotopic (exact) mass is 338 g/mol. The lowest BCUT2D eigenvalue weighted by Crippen LogP contribution is -2.37. The maximum Gasteiger partial charge on any atom is 0.315 e. The Labute approximate surface area is 140 Å². The van der Waals surface area contributed by atoms with E-state index in [1.54, 1.807) is 6.07 Å². The number of aliphatic hydroxyl groups is 1. The number of furan rings is 1. The maximum atomic E-state index is 13.3. The van der Waals surface area contributed by atoms with Gasteiger partial charge in [0.25, 0.3) is 0 Å². The molecule has 24 heavy (non-hydrogen) atoms. The molecule has 2 aromatic rings. The lowest BCUT2D eigenvalue weighted by molar-refractivity contribution is 0.0909. The minimum Gasteiger partial charge on any atom is -0.459 e. The van der Waals surface area contributed by atoms with Gasteiger partial charge >= 0.3 is 6.03 Å². The van der Waals surface area contributed by atoms with Gasteiger partial charge in [-0.1, -0.05) is 0 Å². The molecule has 1 atom stereocenters. The first-order chi connectivity index (χ1) is 11.5. The number of ether oxygens (including phenoxy) is 1. The van der Waals surface area contributed by atoms with Crippen molar-refractivity contribution in [3.63, 3.8) is 0 Å². The zero-order valence-electron chi connectivity index (χ0n) is 13.9. The summed E-state index contributed by atoms with van der Waals surface area (Å²) in [6.07, 6.45) is 0.657. The SMILES string of the molecule is Cc1c(C(C)NC(=O)NCCCOCCO)oc2ccc(F)cc12. The predicted molar refractivity (Wildman–Crippen MR) is 88.4 cm³/mol. The second-order valence-corrected chi connectivity index (χ2v) is 5.54. The van der Waals surface area contributed by atoms with Crippen molar-refractivity contribution in [1.82, 2.24) is 10.6 Å². The summed E-state index contributed by atoms with van der Waals surface area (Å²) in [5.74, 6) is 0.289. The molecule has 0 spiro atoms. The van der Waals surface area contributed by atoms with Crippen molar-refractivity contribution >= 4 is 17.0 Å². The highest BCUT2D eigenvalue weighted by Crippen LogP contribution is 2.29. The van der Waals surface area contributed by atoms with Crippen LogP contribution in [-0.4, -0.2) is 37.5 Å². The zero-order valence-corrected chi connectivity index (χ0v) is 13.9. The largest absolute Gasteiger partial charge is 0.459 e. The Morgan fingerprint density at radius 2 is 2.21 bits per heavy atom. The molecule has 7 heteroatoms. The number of carbonyl (C=O) groups excluding carboxylic acids is 1. The number of rotatable bonds is 8. The number of carbonyl (C=O) groups is 1. The first-order valence-electron chi connectivity index (χ1n) is 7.94. The molecule has 0 saturated heterocycles. The second-order valence-electron chi connectivity index (χ2n) is 5.54. The van der Waals surface area contributed by atoms with E-state index in [1.165, 1.54) is 12.1 Å². The van der Waals surface area contributed by atoms with E-state index >= 15 is 0 Å². The molecule has 0 fully saturated rings. The molecule has 1 heterocycles. The first-order valence-corrected chi connectivity index (χ1v) is 7.94. The lowest BCUT2D eigenvalue weighted by Gasteiger charge is -2.13. The van der Waals surface area contributed by atoms with E-state index in [2.05, 4.69) is 10.6 Å². The summed E-state index contributed by atoms with van der Waals surface area (Å²) in [6, 6.07) is 3.71. The Hall–Kier alpha value is -2.12. The van der Waals surface area contributed by atoms with Crippen LogP contribution in [0.15, 0.2) is 22.6 Å². The molecule has 0 bridgehead atoms. The third-order valence-electron chi connectivity index (χ3n) is 3.66. The van der Waals surface area contributed by atoms with Gasteiger partial charge in [0.05, 0.1) is 19.3 Å². The summed E-state index contributed by atoms with van der Waals surface area (Å²) >= 11 is 0. The Morgan fingerprint density at radius 3 is 2.96 bits per heavy atom. The minimum absolute atomic E-state index is 0.00776. The van der Waals surface area contributed by atoms with Crippen LogP contribution in [0.4, 0.5) is 9.18 Å². The van der Waals surface area contributed by atoms with Crippen LogP contribution in [0.25, 0.3) is 11.0 Å². The number of aryl methyl sites for hydroxylation is 1. The number of benzene rings is 1. The maximum absolute atomic E-state index is 13.3. The molecule has 0 aliphatic rings. The molecule has 0 aliphatic heterocycles. The number of amides is 2. The quantitative estimate of drug-likeness (QED) is 0.646. The molecular weight excluding hydrogens is 315 g/mol. The standard InChI is InChI=1S/C17H23FN2O4/c1-11-14-10-13(18)4-5-15(14)24-16(11)12(2)20-17(22)19-6-3-8-23-9-7-21/h4-5,10,12,21H,3,6-9H2,1-2H3,(H2,19,20,22). The number of urea groups is 1. The highest BCUT2D eigenvalue weighted by Gasteiger charge is 2.18. The van der Waals surface area contributed by atoms with Gasteiger partial charge in [-0.05, 0) is 38.5 Å². The van der Waals surface area contributed by atoms with Crippen LogP contribution < -0.4 is 10.6 Å². The van der Waals surface area contributed by atoms with Gasteiger partial charge in [0.15, 0.2) is 0 Å². The molecule has 0 radical (unpaired) electrons. The van der Waals surface area contributed by atoms with Gasteiger partial charge in [-0.25, -0.2) is 9.18 Å². The molecular formula is C17H23FN2O4. The van der Waals surface area contributed by atoms with Crippen molar-refractivity contribution in [3.05, 3.63) is 35.3 Å². The average molecular weight is 338 g/mol. The summed E-state index contributed by atoms with van der Waals surface area (Å²) < 4.78 is 24.2. The molecule has 1 aromatic carbocycles. The number of halogens is 1. The van der Waals surface area contributed by atoms with E-state index < -0.39 is 0 Å². The Kier molecular flexibility index (Phi) is 6.57. The van der Waals surface area contributed by atoms with Crippen LogP contribution in [0, 0.1) is 12.7 Å². The molecule has 1 unspecified atom stereocenters. The fourth-order valence-corrected chi connectivity index (χ4v) is 2.48. The molecule has 3 N–H and O–H groups in total. The van der Waals surface area contributed by atoms with Crippen molar-refractivity contribution in [2.45, 2.75) is 26.3 Å². The topological polar surface area (TPSA) is 83.7 Å². The highest BCUT2D eigenvalue weighted by molar-refractivity contribution is 5.82. The Bertz CT molecular complexity index is 687. The van der Waals surface area contributed by atoms with Gasteiger partial charge in [-0.15, -0.1) is 0 Å². The van der Waals surface area contributed by atoms with Crippen molar-refractivity contribution in [2.75, 3.05) is 26.4 Å². The average Bonchev–Trinajstić information content (AvgIpc) is 2.87. The van der Waals surface area contributed by atoms with Crippen LogP contribution in [-0.2, 0) is 4.74 Å². The summed E-state index contributed by atoms with van der Waals surface area (Å²) in [4.78, 5) is 11.9. The van der Waals surface area contributed by atoms with E-state index in [-0.39, 0.29) is 24.5 Å². The number of hydrogen-bond donors (Lipinski definition) is 3. The van der Waals surface area contributed by atoms with Crippen molar-refractivity contribution < 1.29 is 23.4 Å². The summed E-state index contributed by atoms with van der Waals surface area (Å²) in [7, 11) is 0. The van der Waals surface area contributed by atoms with Crippen LogP contribution in [0.2, 0.25) is 0 Å². The fraction of sp³-hybridized carbons (Fsp3) is 0.471. The normalized spacial score (nSPS) is 12.3. The fourth-order valence-electron chi connectivity index (χ4n) is 2.48. The molecule has 0 aliphatic carbocycles. The Balaban J connectivity index is 1.87. The second kappa shape index (κ2) is 8.65. The van der Waals surface area contributed by atoms with Gasteiger partial charge in [0, 0.05) is 24.1 Å². The van der Waals surface area contributed by atoms with Gasteiger partial charge in [-0.3, -0.25) is 0 Å². The van der Waals surface area contributed by atoms with Gasteiger partial charge in [0.1, 0.15) is 17.2 Å². The van der Waals surface area contributed by atoms with E-state index in [1.807, 2.05) is 13.8 Å². The van der Waals surface area contributed by atoms with Crippen LogP contribution in [0.3, 0.4) is 0 Å². The van der Waals surface area contributed by atoms with Crippen LogP contribution in [0.5, 0.6) is 0 Å². The predicted octanol–water partition coefficient (Wildman–Crippen LogP) is 2.64. The summed E-state index contributed by atoms with van der Waals surface area (Å²) in [5, 5.41) is 14.8. The van der Waals surface area contributed by atoms with E-state index in [0.29, 0.717) is 42.9 Å². The first kappa shape index (κ1) is 18.2. The van der Waals surface area contributed by atoms with Crippen LogP contribution in [0.1, 0.15) is 30.7 Å². The summed E-state index contributed by atoms with van der Waals surface area (Å²) in [6.45, 7) is 4.89. The van der Waals surface area contributed by atoms with Gasteiger partial charge in [-0.2, -0.15) is 0 Å². The summed E-state index contributed by atoms with van der Waals surface area (Å²) in [5.41, 5.74) is 1.41. The minimum atomic E-state index is -0.342.